The van der Waals surface area contributed by atoms with Gasteiger partial charge in [0.1, 0.15) is 17.9 Å². The van der Waals surface area contributed by atoms with Crippen molar-refractivity contribution in [1.29, 1.82) is 0 Å². The van der Waals surface area contributed by atoms with Crippen LogP contribution in [-0.4, -0.2) is 51.3 Å². The molecule has 3 N–H and O–H groups in total. The summed E-state index contributed by atoms with van der Waals surface area (Å²) in [5.74, 6) is 0.259. The highest BCUT2D eigenvalue weighted by Gasteiger charge is 2.37. The lowest BCUT2D eigenvalue weighted by Crippen LogP contribution is -2.33. The maximum Gasteiger partial charge on any atom is 0.407 e. The van der Waals surface area contributed by atoms with Gasteiger partial charge in [0.25, 0.3) is 5.91 Å². The number of imide groups is 1. The molecule has 0 bridgehead atoms. The number of hydrogen-bond donors (Lipinski definition) is 2. The second kappa shape index (κ2) is 11.1. The minimum atomic E-state index is -0.587. The average molecular weight is 497 g/mol. The van der Waals surface area contributed by atoms with Crippen LogP contribution in [0.25, 0.3) is 0 Å². The molecular weight excluding hydrogens is 464 g/mol. The van der Waals surface area contributed by atoms with Crippen LogP contribution < -0.4 is 11.1 Å². The predicted molar refractivity (Wildman–Crippen MR) is 133 cm³/mol. The van der Waals surface area contributed by atoms with Crippen LogP contribution in [0.3, 0.4) is 0 Å². The van der Waals surface area contributed by atoms with Gasteiger partial charge in [0, 0.05) is 31.1 Å². The van der Waals surface area contributed by atoms with E-state index in [4.69, 9.17) is 15.0 Å². The molecule has 3 rings (SSSR count). The molecule has 0 unspecified atom stereocenters. The van der Waals surface area contributed by atoms with E-state index >= 15 is 0 Å². The van der Waals surface area contributed by atoms with Gasteiger partial charge >= 0.3 is 12.1 Å². The molecule has 1 aromatic carbocycles. The van der Waals surface area contributed by atoms with E-state index in [2.05, 4.69) is 15.5 Å². The Hall–Kier alpha value is -4.15. The third-order valence-electron chi connectivity index (χ3n) is 5.32. The van der Waals surface area contributed by atoms with Crippen molar-refractivity contribution in [2.45, 2.75) is 59.9 Å². The van der Waals surface area contributed by atoms with Crippen molar-refractivity contribution in [3.8, 4) is 0 Å². The molecule has 0 radical (unpaired) electrons. The van der Waals surface area contributed by atoms with Crippen LogP contribution in [0.4, 0.5) is 9.59 Å². The van der Waals surface area contributed by atoms with Gasteiger partial charge in [-0.1, -0.05) is 29.4 Å². The lowest BCUT2D eigenvalue weighted by Gasteiger charge is -2.20. The number of nitrogens with two attached hydrogens (primary N) is 1. The standard InChI is InChI=1S/C25H32N6O5/c1-16-21(17(2)36-29-16)13-27-12-20(10-26)31-22(32)15-30(24(31)34)14-19-8-6-7-18(9-19)11-28-23(33)35-25(3,4)5/h6-10,12H,11,13-15,26H2,1-5H3,(H,28,33). The highest BCUT2D eigenvalue weighted by Crippen LogP contribution is 2.20. The number of ether oxygens (including phenoxy) is 1. The Kier molecular flexibility index (Phi) is 8.13. The largest absolute Gasteiger partial charge is 0.444 e. The van der Waals surface area contributed by atoms with Crippen LogP contribution in [0.15, 0.2) is 45.7 Å². The van der Waals surface area contributed by atoms with Crippen molar-refractivity contribution in [1.82, 2.24) is 20.3 Å². The first-order valence-corrected chi connectivity index (χ1v) is 11.5. The molecule has 11 nitrogen and oxygen atoms in total. The molecule has 0 saturated carbocycles. The average Bonchev–Trinajstić information content (AvgIpc) is 3.26. The maximum absolute atomic E-state index is 13.0. The van der Waals surface area contributed by atoms with Gasteiger partial charge in [-0.3, -0.25) is 9.79 Å². The zero-order chi connectivity index (χ0) is 26.5. The number of rotatable bonds is 8. The first kappa shape index (κ1) is 26.5. The summed E-state index contributed by atoms with van der Waals surface area (Å²) in [6, 6.07) is 6.91. The zero-order valence-corrected chi connectivity index (χ0v) is 21.2. The predicted octanol–water partition coefficient (Wildman–Crippen LogP) is 3.15. The summed E-state index contributed by atoms with van der Waals surface area (Å²) in [7, 11) is 0. The highest BCUT2D eigenvalue weighted by molar-refractivity contribution is 6.07. The zero-order valence-electron chi connectivity index (χ0n) is 21.2. The summed E-state index contributed by atoms with van der Waals surface area (Å²) in [6.07, 6.45) is 2.06. The number of urea groups is 1. The van der Waals surface area contributed by atoms with Gasteiger partial charge in [0.2, 0.25) is 0 Å². The molecule has 2 aromatic rings. The van der Waals surface area contributed by atoms with Crippen LogP contribution in [-0.2, 0) is 29.2 Å². The van der Waals surface area contributed by atoms with Crippen LogP contribution >= 0.6 is 0 Å². The van der Waals surface area contributed by atoms with E-state index in [1.165, 1.54) is 17.3 Å². The second-order valence-corrected chi connectivity index (χ2v) is 9.41. The molecule has 0 atom stereocenters. The number of amides is 4. The molecule has 36 heavy (non-hydrogen) atoms. The van der Waals surface area contributed by atoms with Gasteiger partial charge in [-0.15, -0.1) is 0 Å². The summed E-state index contributed by atoms with van der Waals surface area (Å²) < 4.78 is 10.4. The molecule has 11 heteroatoms. The Labute approximate surface area is 210 Å². The van der Waals surface area contributed by atoms with Gasteiger partial charge in [-0.25, -0.2) is 14.5 Å². The number of carbonyl (C=O) groups is 3. The Bertz CT molecular complexity index is 1170. The van der Waals surface area contributed by atoms with Crippen LogP contribution in [0, 0.1) is 13.8 Å². The van der Waals surface area contributed by atoms with Gasteiger partial charge in [0.05, 0.1) is 17.9 Å². The quantitative estimate of drug-likeness (QED) is 0.422. The first-order valence-electron chi connectivity index (χ1n) is 11.5. The Balaban J connectivity index is 1.62. The molecule has 0 aliphatic carbocycles. The van der Waals surface area contributed by atoms with Crippen molar-refractivity contribution >= 4 is 24.2 Å². The topological polar surface area (TPSA) is 143 Å². The van der Waals surface area contributed by atoms with Gasteiger partial charge < -0.3 is 25.2 Å². The molecule has 1 aliphatic heterocycles. The van der Waals surface area contributed by atoms with E-state index in [-0.39, 0.29) is 31.9 Å². The van der Waals surface area contributed by atoms with Crippen LogP contribution in [0.1, 0.15) is 48.9 Å². The number of benzene rings is 1. The molecular formula is C25H32N6O5. The van der Waals surface area contributed by atoms with Crippen molar-refractivity contribution < 1.29 is 23.6 Å². The molecule has 1 fully saturated rings. The second-order valence-electron chi connectivity index (χ2n) is 9.41. The van der Waals surface area contributed by atoms with Crippen molar-refractivity contribution in [3.05, 3.63) is 64.3 Å². The molecule has 0 spiro atoms. The van der Waals surface area contributed by atoms with Gasteiger partial charge in [-0.2, -0.15) is 0 Å². The first-order chi connectivity index (χ1) is 17.0. The third kappa shape index (κ3) is 6.71. The van der Waals surface area contributed by atoms with Gasteiger partial charge in [-0.05, 0) is 45.7 Å². The fourth-order valence-corrected chi connectivity index (χ4v) is 3.61. The summed E-state index contributed by atoms with van der Waals surface area (Å²) in [5, 5.41) is 6.59. The number of aliphatic imine (C=N–C) groups is 1. The Morgan fingerprint density at radius 2 is 2.00 bits per heavy atom. The lowest BCUT2D eigenvalue weighted by atomic mass is 10.1. The van der Waals surface area contributed by atoms with E-state index in [0.29, 0.717) is 5.76 Å². The lowest BCUT2D eigenvalue weighted by molar-refractivity contribution is -0.123. The molecule has 1 aliphatic rings. The number of carbonyl (C=O) groups excluding carboxylic acids is 3. The van der Waals surface area contributed by atoms with Crippen LogP contribution in [0.5, 0.6) is 0 Å². The molecule has 4 amide bonds. The molecule has 1 aromatic heterocycles. The summed E-state index contributed by atoms with van der Waals surface area (Å²) in [4.78, 5) is 44.4. The van der Waals surface area contributed by atoms with Crippen molar-refractivity contribution in [3.63, 3.8) is 0 Å². The normalized spacial score (nSPS) is 14.8. The maximum atomic E-state index is 13.0. The summed E-state index contributed by atoms with van der Waals surface area (Å²) in [5.41, 5.74) is 8.53. The summed E-state index contributed by atoms with van der Waals surface area (Å²) >= 11 is 0. The monoisotopic (exact) mass is 496 g/mol. The Morgan fingerprint density at radius 1 is 1.28 bits per heavy atom. The molecule has 2 heterocycles. The third-order valence-corrected chi connectivity index (χ3v) is 5.32. The number of nitrogens with zero attached hydrogens (tertiary/aromatic N) is 4. The molecule has 1 saturated heterocycles. The fraction of sp³-hybridized carbons (Fsp3) is 0.400. The minimum Gasteiger partial charge on any atom is -0.444 e. The number of aromatic nitrogens is 1. The van der Waals surface area contributed by atoms with Crippen molar-refractivity contribution in [2.24, 2.45) is 10.7 Å². The van der Waals surface area contributed by atoms with Gasteiger partial charge in [0.15, 0.2) is 0 Å². The minimum absolute atomic E-state index is 0.0890. The van der Waals surface area contributed by atoms with E-state index < -0.39 is 23.6 Å². The van der Waals surface area contributed by atoms with E-state index in [1.54, 1.807) is 27.7 Å². The van der Waals surface area contributed by atoms with Crippen molar-refractivity contribution in [2.75, 3.05) is 6.54 Å². The number of hydrogen-bond acceptors (Lipinski definition) is 8. The number of aryl methyl sites for hydroxylation is 2. The van der Waals surface area contributed by atoms with E-state index in [9.17, 15) is 14.4 Å². The summed E-state index contributed by atoms with van der Waals surface area (Å²) in [6.45, 7) is 9.66. The smallest absolute Gasteiger partial charge is 0.407 e. The SMILES string of the molecule is Cc1noc(C)c1CN=CC(=CN)N1C(=O)CN(Cc2cccc(CNC(=O)OC(C)(C)C)c2)C1=O. The number of alkyl carbamates (subject to hydrolysis) is 1. The molecule has 192 valence electrons. The fourth-order valence-electron chi connectivity index (χ4n) is 3.61. The van der Waals surface area contributed by atoms with E-state index in [0.717, 1.165) is 27.3 Å². The highest BCUT2D eigenvalue weighted by atomic mass is 16.6. The van der Waals surface area contributed by atoms with Crippen LogP contribution in [0.2, 0.25) is 0 Å². The van der Waals surface area contributed by atoms with E-state index in [1.807, 2.05) is 31.2 Å². The number of allylic oxidation sites excluding steroid dienone is 1. The number of nitrogens with one attached hydrogen (secondary N) is 1. The Morgan fingerprint density at radius 3 is 2.64 bits per heavy atom.